The van der Waals surface area contributed by atoms with Crippen LogP contribution in [0.4, 0.5) is 5.69 Å². The molecule has 0 bridgehead atoms. The van der Waals surface area contributed by atoms with Crippen LogP contribution in [-0.2, 0) is 6.54 Å². The van der Waals surface area contributed by atoms with E-state index in [1.807, 2.05) is 0 Å². The van der Waals surface area contributed by atoms with Crippen LogP contribution >= 0.6 is 0 Å². The number of likely N-dealkylation sites (N-methyl/N-ethyl adjacent to an activating group) is 1. The van der Waals surface area contributed by atoms with E-state index in [4.69, 9.17) is 4.52 Å². The maximum absolute atomic E-state index is 5.45. The Morgan fingerprint density at radius 3 is 2.58 bits per heavy atom. The van der Waals surface area contributed by atoms with Crippen LogP contribution in [0.5, 0.6) is 0 Å². The van der Waals surface area contributed by atoms with Crippen LogP contribution in [0.3, 0.4) is 0 Å². The van der Waals surface area contributed by atoms with E-state index in [1.54, 1.807) is 0 Å². The average Bonchev–Trinajstić information content (AvgIpc) is 3.09. The van der Waals surface area contributed by atoms with E-state index < -0.39 is 0 Å². The van der Waals surface area contributed by atoms with Crippen LogP contribution in [0.15, 0.2) is 34.9 Å². The molecule has 5 nitrogen and oxygen atoms in total. The topological polar surface area (TPSA) is 35.8 Å². The van der Waals surface area contributed by atoms with Gasteiger partial charge < -0.3 is 9.42 Å². The summed E-state index contributed by atoms with van der Waals surface area (Å²) in [6.07, 6.45) is 0. The maximum atomic E-state index is 5.45. The second-order valence-electron chi connectivity index (χ2n) is 7.78. The number of anilines is 1. The average molecular weight is 357 g/mol. The van der Waals surface area contributed by atoms with Crippen molar-refractivity contribution in [1.29, 1.82) is 0 Å². The van der Waals surface area contributed by atoms with E-state index in [0.717, 1.165) is 57.3 Å². The van der Waals surface area contributed by atoms with Gasteiger partial charge in [0.25, 0.3) is 0 Å². The normalized spacial score (nSPS) is 16.0. The molecule has 2 heterocycles. The highest BCUT2D eigenvalue weighted by molar-refractivity contribution is 5.48. The smallest absolute Gasteiger partial charge is 0.150 e. The standard InChI is InChI=1S/C21H32N4O/c1-17(2)21-15-20(26-22-21)16-23(4)8-9-24-10-12-25(13-11-24)19-7-5-6-18(3)14-19/h5-7,14-15,17H,8-13,16H2,1-4H3. The zero-order chi connectivity index (χ0) is 18.5. The van der Waals surface area contributed by atoms with E-state index in [0.29, 0.717) is 5.92 Å². The lowest BCUT2D eigenvalue weighted by Gasteiger charge is -2.36. The van der Waals surface area contributed by atoms with Gasteiger partial charge in [-0.1, -0.05) is 31.1 Å². The van der Waals surface area contributed by atoms with Crippen LogP contribution in [0.1, 0.15) is 36.8 Å². The fourth-order valence-corrected chi connectivity index (χ4v) is 3.39. The minimum Gasteiger partial charge on any atom is -0.369 e. The highest BCUT2D eigenvalue weighted by atomic mass is 16.5. The summed E-state index contributed by atoms with van der Waals surface area (Å²) in [6.45, 7) is 13.9. The van der Waals surface area contributed by atoms with E-state index in [-0.39, 0.29) is 0 Å². The first kappa shape index (κ1) is 18.9. The molecule has 26 heavy (non-hydrogen) atoms. The molecule has 3 rings (SSSR count). The van der Waals surface area contributed by atoms with Crippen LogP contribution < -0.4 is 4.90 Å². The molecule has 5 heteroatoms. The molecule has 0 aliphatic carbocycles. The summed E-state index contributed by atoms with van der Waals surface area (Å²) in [4.78, 5) is 7.37. The lowest BCUT2D eigenvalue weighted by atomic mass is 10.1. The summed E-state index contributed by atoms with van der Waals surface area (Å²) in [5, 5.41) is 4.14. The van der Waals surface area contributed by atoms with Gasteiger partial charge in [0.1, 0.15) is 0 Å². The zero-order valence-electron chi connectivity index (χ0n) is 16.6. The van der Waals surface area contributed by atoms with Crippen LogP contribution in [-0.4, -0.2) is 61.3 Å². The Morgan fingerprint density at radius 2 is 1.92 bits per heavy atom. The van der Waals surface area contributed by atoms with Crippen molar-refractivity contribution < 1.29 is 4.52 Å². The summed E-state index contributed by atoms with van der Waals surface area (Å²) < 4.78 is 5.45. The fraction of sp³-hybridized carbons (Fsp3) is 0.571. The van der Waals surface area contributed by atoms with Gasteiger partial charge in [-0.2, -0.15) is 0 Å². The minimum atomic E-state index is 0.419. The predicted molar refractivity (Wildman–Crippen MR) is 107 cm³/mol. The molecular weight excluding hydrogens is 324 g/mol. The molecule has 1 saturated heterocycles. The molecule has 1 fully saturated rings. The van der Waals surface area contributed by atoms with E-state index in [9.17, 15) is 0 Å². The molecule has 142 valence electrons. The van der Waals surface area contributed by atoms with E-state index in [2.05, 4.69) is 78.0 Å². The van der Waals surface area contributed by atoms with Crippen LogP contribution in [0.25, 0.3) is 0 Å². The van der Waals surface area contributed by atoms with Gasteiger partial charge in [-0.05, 0) is 37.6 Å². The summed E-state index contributed by atoms with van der Waals surface area (Å²) in [6, 6.07) is 10.9. The third-order valence-electron chi connectivity index (χ3n) is 5.13. The first-order valence-electron chi connectivity index (χ1n) is 9.69. The Labute approximate surface area is 157 Å². The number of aryl methyl sites for hydroxylation is 1. The zero-order valence-corrected chi connectivity index (χ0v) is 16.6. The van der Waals surface area contributed by atoms with Gasteiger partial charge >= 0.3 is 0 Å². The SMILES string of the molecule is Cc1cccc(N2CCN(CCN(C)Cc3cc(C(C)C)no3)CC2)c1. The number of benzene rings is 1. The van der Waals surface area contributed by atoms with Gasteiger partial charge in [0.05, 0.1) is 12.2 Å². The molecular formula is C21H32N4O. The van der Waals surface area contributed by atoms with E-state index in [1.165, 1.54) is 11.3 Å². The third kappa shape index (κ3) is 5.08. The largest absolute Gasteiger partial charge is 0.369 e. The molecule has 1 aromatic heterocycles. The van der Waals surface area contributed by atoms with Crippen molar-refractivity contribution in [3.8, 4) is 0 Å². The van der Waals surface area contributed by atoms with Gasteiger partial charge in [0.2, 0.25) is 0 Å². The van der Waals surface area contributed by atoms with Crippen LogP contribution in [0, 0.1) is 6.92 Å². The van der Waals surface area contributed by atoms with Crippen molar-refractivity contribution in [1.82, 2.24) is 15.0 Å². The first-order chi connectivity index (χ1) is 12.5. The first-order valence-corrected chi connectivity index (χ1v) is 9.69. The monoisotopic (exact) mass is 356 g/mol. The predicted octanol–water partition coefficient (Wildman–Crippen LogP) is 3.36. The Kier molecular flexibility index (Phi) is 6.33. The Bertz CT molecular complexity index is 689. The van der Waals surface area contributed by atoms with Crippen molar-refractivity contribution in [2.24, 2.45) is 0 Å². The molecule has 0 radical (unpaired) electrons. The highest BCUT2D eigenvalue weighted by Crippen LogP contribution is 2.18. The van der Waals surface area contributed by atoms with Crippen molar-refractivity contribution in [3.63, 3.8) is 0 Å². The molecule has 0 amide bonds. The van der Waals surface area contributed by atoms with Crippen molar-refractivity contribution >= 4 is 5.69 Å². The number of aromatic nitrogens is 1. The number of nitrogens with zero attached hydrogens (tertiary/aromatic N) is 4. The Hall–Kier alpha value is -1.85. The number of rotatable bonds is 7. The molecule has 0 unspecified atom stereocenters. The second-order valence-corrected chi connectivity index (χ2v) is 7.78. The van der Waals surface area contributed by atoms with E-state index >= 15 is 0 Å². The maximum Gasteiger partial charge on any atom is 0.150 e. The second kappa shape index (κ2) is 8.69. The molecule has 0 spiro atoms. The molecule has 1 aliphatic rings. The fourth-order valence-electron chi connectivity index (χ4n) is 3.39. The van der Waals surface area contributed by atoms with Gasteiger partial charge in [-0.15, -0.1) is 0 Å². The lowest BCUT2D eigenvalue weighted by Crippen LogP contribution is -2.48. The summed E-state index contributed by atoms with van der Waals surface area (Å²) in [5.74, 6) is 1.38. The number of piperazine rings is 1. The van der Waals surface area contributed by atoms with Gasteiger partial charge in [-0.25, -0.2) is 0 Å². The van der Waals surface area contributed by atoms with Crippen LogP contribution in [0.2, 0.25) is 0 Å². The van der Waals surface area contributed by atoms with Crippen molar-refractivity contribution in [3.05, 3.63) is 47.3 Å². The van der Waals surface area contributed by atoms with Gasteiger partial charge in [-0.3, -0.25) is 9.80 Å². The number of hydrogen-bond acceptors (Lipinski definition) is 5. The highest BCUT2D eigenvalue weighted by Gasteiger charge is 2.18. The van der Waals surface area contributed by atoms with Crippen molar-refractivity contribution in [2.45, 2.75) is 33.2 Å². The summed E-state index contributed by atoms with van der Waals surface area (Å²) in [5.41, 5.74) is 3.73. The molecule has 2 aromatic rings. The molecule has 1 aromatic carbocycles. The third-order valence-corrected chi connectivity index (χ3v) is 5.13. The Balaban J connectivity index is 1.40. The van der Waals surface area contributed by atoms with Crippen molar-refractivity contribution in [2.75, 3.05) is 51.2 Å². The number of hydrogen-bond donors (Lipinski definition) is 0. The quantitative estimate of drug-likeness (QED) is 0.760. The minimum absolute atomic E-state index is 0.419. The molecule has 0 saturated carbocycles. The summed E-state index contributed by atoms with van der Waals surface area (Å²) in [7, 11) is 2.15. The molecule has 0 atom stereocenters. The van der Waals surface area contributed by atoms with Gasteiger partial charge in [0, 0.05) is 51.0 Å². The Morgan fingerprint density at radius 1 is 1.15 bits per heavy atom. The molecule has 1 aliphatic heterocycles. The molecule has 0 N–H and O–H groups in total. The van der Waals surface area contributed by atoms with Gasteiger partial charge in [0.15, 0.2) is 5.76 Å². The summed E-state index contributed by atoms with van der Waals surface area (Å²) >= 11 is 0. The lowest BCUT2D eigenvalue weighted by molar-refractivity contribution is 0.201.